The maximum absolute atomic E-state index is 5.36. The average Bonchev–Trinajstić information content (AvgIpc) is 2.51. The van der Waals surface area contributed by atoms with Crippen LogP contribution in [-0.2, 0) is 0 Å². The van der Waals surface area contributed by atoms with E-state index in [-0.39, 0.29) is 0 Å². The van der Waals surface area contributed by atoms with E-state index >= 15 is 0 Å². The highest BCUT2D eigenvalue weighted by Crippen LogP contribution is 2.33. The van der Waals surface area contributed by atoms with Gasteiger partial charge in [-0.3, -0.25) is 0 Å². The summed E-state index contributed by atoms with van der Waals surface area (Å²) < 4.78 is 11.3. The van der Waals surface area contributed by atoms with Gasteiger partial charge in [0.2, 0.25) is 5.95 Å². The number of nitrogens with zero attached hydrogens (tertiary/aromatic N) is 2. The van der Waals surface area contributed by atoms with E-state index in [1.54, 1.807) is 20.4 Å². The third kappa shape index (κ3) is 3.75. The molecule has 0 radical (unpaired) electrons. The van der Waals surface area contributed by atoms with Crippen molar-refractivity contribution in [2.45, 2.75) is 6.92 Å². The predicted molar refractivity (Wildman–Crippen MR) is 86.7 cm³/mol. The minimum absolute atomic E-state index is 0.565. The van der Waals surface area contributed by atoms with Gasteiger partial charge in [0.15, 0.2) is 0 Å². The fourth-order valence-corrected chi connectivity index (χ4v) is 2.02. The van der Waals surface area contributed by atoms with Crippen molar-refractivity contribution < 1.29 is 9.47 Å². The van der Waals surface area contributed by atoms with Crippen LogP contribution in [0.1, 0.15) is 6.92 Å². The van der Waals surface area contributed by atoms with Crippen molar-refractivity contribution in [1.29, 1.82) is 0 Å². The molecule has 0 aliphatic rings. The topological polar surface area (TPSA) is 68.3 Å². The second-order valence-corrected chi connectivity index (χ2v) is 4.97. The molecule has 0 saturated carbocycles. The quantitative estimate of drug-likeness (QED) is 0.829. The molecule has 1 heterocycles. The molecule has 2 aromatic rings. The number of nitrogens with one attached hydrogen (secondary N) is 2. The van der Waals surface area contributed by atoms with Crippen LogP contribution >= 0.6 is 15.9 Å². The Morgan fingerprint density at radius 1 is 1.24 bits per heavy atom. The summed E-state index contributed by atoms with van der Waals surface area (Å²) in [6.07, 6.45) is 1.70. The first kappa shape index (κ1) is 15.4. The van der Waals surface area contributed by atoms with Gasteiger partial charge in [0, 0.05) is 18.8 Å². The highest BCUT2D eigenvalue weighted by atomic mass is 79.9. The third-order valence-corrected chi connectivity index (χ3v) is 3.32. The number of benzene rings is 1. The number of hydrogen-bond donors (Lipinski definition) is 2. The summed E-state index contributed by atoms with van der Waals surface area (Å²) in [7, 11) is 3.23. The second-order valence-electron chi connectivity index (χ2n) is 4.11. The Hall–Kier alpha value is -2.02. The molecule has 21 heavy (non-hydrogen) atoms. The number of rotatable bonds is 6. The van der Waals surface area contributed by atoms with E-state index in [0.29, 0.717) is 17.5 Å². The molecule has 1 aromatic carbocycles. The molecule has 1 aromatic heterocycles. The predicted octanol–water partition coefficient (Wildman–Crippen LogP) is 3.43. The lowest BCUT2D eigenvalue weighted by Crippen LogP contribution is -2.05. The normalized spacial score (nSPS) is 10.1. The van der Waals surface area contributed by atoms with Crippen molar-refractivity contribution in [3.8, 4) is 11.5 Å². The SMILES string of the molecule is CCNc1ncc(Br)c(Nc2ccc(OC)cc2OC)n1. The van der Waals surface area contributed by atoms with E-state index in [2.05, 4.69) is 36.5 Å². The Labute approximate surface area is 132 Å². The number of anilines is 3. The lowest BCUT2D eigenvalue weighted by Gasteiger charge is -2.13. The molecule has 0 unspecified atom stereocenters. The van der Waals surface area contributed by atoms with E-state index < -0.39 is 0 Å². The van der Waals surface area contributed by atoms with E-state index in [1.807, 2.05) is 25.1 Å². The second kappa shape index (κ2) is 7.12. The third-order valence-electron chi connectivity index (χ3n) is 2.74. The number of halogens is 1. The first-order valence-corrected chi connectivity index (χ1v) is 7.22. The van der Waals surface area contributed by atoms with E-state index in [1.165, 1.54) is 0 Å². The standard InChI is InChI=1S/C14H17BrN4O2/c1-4-16-14-17-8-10(15)13(19-14)18-11-6-5-9(20-2)7-12(11)21-3/h5-8H,4H2,1-3H3,(H2,16,17,18,19). The summed E-state index contributed by atoms with van der Waals surface area (Å²) in [6.45, 7) is 2.75. The van der Waals surface area contributed by atoms with E-state index in [0.717, 1.165) is 22.5 Å². The molecule has 0 bridgehead atoms. The zero-order chi connectivity index (χ0) is 15.2. The van der Waals surface area contributed by atoms with Gasteiger partial charge in [-0.2, -0.15) is 4.98 Å². The van der Waals surface area contributed by atoms with Crippen LogP contribution in [0.3, 0.4) is 0 Å². The summed E-state index contributed by atoms with van der Waals surface area (Å²) in [4.78, 5) is 8.59. The maximum atomic E-state index is 5.36. The van der Waals surface area contributed by atoms with Gasteiger partial charge in [-0.25, -0.2) is 4.98 Å². The number of ether oxygens (including phenoxy) is 2. The zero-order valence-corrected chi connectivity index (χ0v) is 13.7. The van der Waals surface area contributed by atoms with Gasteiger partial charge in [0.05, 0.1) is 24.4 Å². The fraction of sp³-hybridized carbons (Fsp3) is 0.286. The van der Waals surface area contributed by atoms with Gasteiger partial charge >= 0.3 is 0 Å². The molecular weight excluding hydrogens is 336 g/mol. The molecule has 0 fully saturated rings. The number of methoxy groups -OCH3 is 2. The van der Waals surface area contributed by atoms with Crippen LogP contribution in [0.25, 0.3) is 0 Å². The molecule has 0 saturated heterocycles. The summed E-state index contributed by atoms with van der Waals surface area (Å²) in [5, 5.41) is 6.30. The van der Waals surface area contributed by atoms with Crippen LogP contribution in [0.15, 0.2) is 28.9 Å². The minimum Gasteiger partial charge on any atom is -0.497 e. The minimum atomic E-state index is 0.565. The molecule has 6 nitrogen and oxygen atoms in total. The highest BCUT2D eigenvalue weighted by molar-refractivity contribution is 9.10. The molecular formula is C14H17BrN4O2. The largest absolute Gasteiger partial charge is 0.497 e. The van der Waals surface area contributed by atoms with E-state index in [9.17, 15) is 0 Å². The molecule has 0 aliphatic heterocycles. The van der Waals surface area contributed by atoms with Crippen molar-refractivity contribution in [1.82, 2.24) is 9.97 Å². The van der Waals surface area contributed by atoms with Crippen molar-refractivity contribution in [3.63, 3.8) is 0 Å². The van der Waals surface area contributed by atoms with Crippen molar-refractivity contribution in [3.05, 3.63) is 28.9 Å². The molecule has 112 valence electrons. The average molecular weight is 353 g/mol. The molecule has 2 N–H and O–H groups in total. The van der Waals surface area contributed by atoms with Gasteiger partial charge in [-0.05, 0) is 35.0 Å². The van der Waals surface area contributed by atoms with Gasteiger partial charge in [0.25, 0.3) is 0 Å². The smallest absolute Gasteiger partial charge is 0.224 e. The Balaban J connectivity index is 2.31. The van der Waals surface area contributed by atoms with Crippen LogP contribution < -0.4 is 20.1 Å². The lowest BCUT2D eigenvalue weighted by molar-refractivity contribution is 0.395. The van der Waals surface area contributed by atoms with Gasteiger partial charge in [0.1, 0.15) is 17.3 Å². The van der Waals surface area contributed by atoms with E-state index in [4.69, 9.17) is 9.47 Å². The van der Waals surface area contributed by atoms with Crippen molar-refractivity contribution in [2.24, 2.45) is 0 Å². The Morgan fingerprint density at radius 3 is 2.71 bits per heavy atom. The molecule has 0 spiro atoms. The Morgan fingerprint density at radius 2 is 2.05 bits per heavy atom. The summed E-state index contributed by atoms with van der Waals surface area (Å²) in [6, 6.07) is 5.53. The molecule has 0 atom stereocenters. The summed E-state index contributed by atoms with van der Waals surface area (Å²) in [5.74, 6) is 2.62. The maximum Gasteiger partial charge on any atom is 0.224 e. The number of aromatic nitrogens is 2. The van der Waals surface area contributed by atoms with Crippen molar-refractivity contribution in [2.75, 3.05) is 31.4 Å². The molecule has 2 rings (SSSR count). The van der Waals surface area contributed by atoms with Crippen LogP contribution in [0, 0.1) is 0 Å². The van der Waals surface area contributed by atoms with Gasteiger partial charge < -0.3 is 20.1 Å². The Bertz CT molecular complexity index is 622. The molecule has 0 aliphatic carbocycles. The summed E-state index contributed by atoms with van der Waals surface area (Å²) in [5.41, 5.74) is 0.792. The summed E-state index contributed by atoms with van der Waals surface area (Å²) >= 11 is 3.43. The first-order chi connectivity index (χ1) is 10.2. The Kier molecular flexibility index (Phi) is 5.21. The van der Waals surface area contributed by atoms with Crippen LogP contribution in [0.2, 0.25) is 0 Å². The fourth-order valence-electron chi connectivity index (χ4n) is 1.73. The van der Waals surface area contributed by atoms with Gasteiger partial charge in [-0.15, -0.1) is 0 Å². The van der Waals surface area contributed by atoms with Crippen molar-refractivity contribution >= 4 is 33.4 Å². The number of hydrogen-bond acceptors (Lipinski definition) is 6. The lowest BCUT2D eigenvalue weighted by atomic mass is 10.2. The van der Waals surface area contributed by atoms with Gasteiger partial charge in [-0.1, -0.05) is 0 Å². The highest BCUT2D eigenvalue weighted by Gasteiger charge is 2.09. The molecule has 7 heteroatoms. The first-order valence-electron chi connectivity index (χ1n) is 6.43. The monoisotopic (exact) mass is 352 g/mol. The molecule has 0 amide bonds. The van der Waals surface area contributed by atoms with Crippen LogP contribution in [-0.4, -0.2) is 30.7 Å². The van der Waals surface area contributed by atoms with Crippen LogP contribution in [0.5, 0.6) is 11.5 Å². The zero-order valence-electron chi connectivity index (χ0n) is 12.1. The van der Waals surface area contributed by atoms with Crippen LogP contribution in [0.4, 0.5) is 17.5 Å².